The number of carbonyl (C=O) groups is 1. The molecule has 0 unspecified atom stereocenters. The van der Waals surface area contributed by atoms with E-state index in [2.05, 4.69) is 15.3 Å². The van der Waals surface area contributed by atoms with Gasteiger partial charge in [0.1, 0.15) is 11.4 Å². The average Bonchev–Trinajstić information content (AvgIpc) is 3.11. The predicted octanol–water partition coefficient (Wildman–Crippen LogP) is 3.46. The number of H-pyrrole nitrogens is 1. The van der Waals surface area contributed by atoms with Crippen LogP contribution in [0.5, 0.6) is 0 Å². The summed E-state index contributed by atoms with van der Waals surface area (Å²) < 4.78 is 5.33. The van der Waals surface area contributed by atoms with Crippen LogP contribution in [0.3, 0.4) is 0 Å². The smallest absolute Gasteiger partial charge is 0.348 e. The third kappa shape index (κ3) is 2.67. The number of nitrogens with one attached hydrogen (secondary N) is 2. The van der Waals surface area contributed by atoms with Crippen LogP contribution < -0.4 is 10.9 Å². The Bertz CT molecular complexity index is 1130. The first kappa shape index (κ1) is 15.8. The van der Waals surface area contributed by atoms with Crippen LogP contribution in [-0.4, -0.2) is 22.8 Å². The number of benzene rings is 2. The fourth-order valence-corrected chi connectivity index (χ4v) is 2.82. The molecule has 0 spiro atoms. The van der Waals surface area contributed by atoms with Crippen molar-refractivity contribution < 1.29 is 9.21 Å². The molecule has 6 nitrogen and oxygen atoms in total. The van der Waals surface area contributed by atoms with Crippen LogP contribution in [0.2, 0.25) is 0 Å². The highest BCUT2D eigenvalue weighted by Crippen LogP contribution is 2.27. The number of para-hydroxylation sites is 2. The lowest BCUT2D eigenvalue weighted by Gasteiger charge is -2.07. The van der Waals surface area contributed by atoms with Gasteiger partial charge in [-0.1, -0.05) is 42.5 Å². The van der Waals surface area contributed by atoms with Gasteiger partial charge in [-0.2, -0.15) is 0 Å². The monoisotopic (exact) mass is 345 g/mol. The van der Waals surface area contributed by atoms with Crippen molar-refractivity contribution in [1.29, 1.82) is 0 Å². The summed E-state index contributed by atoms with van der Waals surface area (Å²) in [6.45, 7) is 0. The Morgan fingerprint density at radius 3 is 2.54 bits per heavy atom. The Morgan fingerprint density at radius 2 is 1.81 bits per heavy atom. The van der Waals surface area contributed by atoms with Crippen molar-refractivity contribution in [2.24, 2.45) is 0 Å². The molecule has 0 amide bonds. The number of carbonyl (C=O) groups excluding carboxylic acids is 1. The van der Waals surface area contributed by atoms with Gasteiger partial charge in [-0.15, -0.1) is 0 Å². The summed E-state index contributed by atoms with van der Waals surface area (Å²) in [5, 5.41) is 2.85. The van der Waals surface area contributed by atoms with Crippen molar-refractivity contribution in [3.8, 4) is 11.4 Å². The molecule has 0 bridgehead atoms. The molecule has 6 heteroatoms. The van der Waals surface area contributed by atoms with Crippen molar-refractivity contribution in [2.45, 2.75) is 0 Å². The number of rotatable bonds is 4. The maximum absolute atomic E-state index is 12.7. The molecule has 0 fully saturated rings. The van der Waals surface area contributed by atoms with E-state index in [0.29, 0.717) is 17.0 Å². The van der Waals surface area contributed by atoms with Gasteiger partial charge in [0.25, 0.3) is 0 Å². The molecule has 2 N–H and O–H groups in total. The molecule has 2 aromatic carbocycles. The summed E-state index contributed by atoms with van der Waals surface area (Å²) in [4.78, 5) is 32.7. The molecule has 0 aliphatic carbocycles. The van der Waals surface area contributed by atoms with Gasteiger partial charge in [0.05, 0.1) is 16.6 Å². The highest BCUT2D eigenvalue weighted by Gasteiger charge is 2.20. The van der Waals surface area contributed by atoms with Crippen molar-refractivity contribution in [3.63, 3.8) is 0 Å². The van der Waals surface area contributed by atoms with Gasteiger partial charge >= 0.3 is 5.63 Å². The second kappa shape index (κ2) is 6.33. The lowest BCUT2D eigenvalue weighted by atomic mass is 10.0. The Morgan fingerprint density at radius 1 is 1.08 bits per heavy atom. The quantitative estimate of drug-likeness (QED) is 0.553. The summed E-state index contributed by atoms with van der Waals surface area (Å²) in [5.41, 5.74) is 1.85. The molecule has 2 heterocycles. The molecule has 0 aliphatic rings. The molecule has 4 aromatic rings. The summed E-state index contributed by atoms with van der Waals surface area (Å²) in [6, 6.07) is 17.7. The zero-order valence-corrected chi connectivity index (χ0v) is 13.9. The molecule has 2 aromatic heterocycles. The number of imidazole rings is 1. The van der Waals surface area contributed by atoms with Gasteiger partial charge in [-0.05, 0) is 18.2 Å². The van der Waals surface area contributed by atoms with Crippen molar-refractivity contribution >= 4 is 22.7 Å². The molecule has 0 aliphatic heterocycles. The van der Waals surface area contributed by atoms with E-state index in [9.17, 15) is 9.59 Å². The third-order valence-corrected chi connectivity index (χ3v) is 4.10. The van der Waals surface area contributed by atoms with Crippen LogP contribution in [0.4, 0.5) is 5.88 Å². The van der Waals surface area contributed by atoms with Crippen molar-refractivity contribution in [3.05, 3.63) is 82.2 Å². The van der Waals surface area contributed by atoms with Crippen LogP contribution in [0.1, 0.15) is 15.9 Å². The molecular weight excluding hydrogens is 330 g/mol. The number of fused-ring (bicyclic) bond motifs is 1. The first-order chi connectivity index (χ1) is 12.7. The largest absolute Gasteiger partial charge is 0.405 e. The van der Waals surface area contributed by atoms with E-state index in [1.54, 1.807) is 31.3 Å². The van der Waals surface area contributed by atoms with Gasteiger partial charge in [0.2, 0.25) is 5.88 Å². The zero-order chi connectivity index (χ0) is 18.1. The van der Waals surface area contributed by atoms with E-state index in [4.69, 9.17) is 4.42 Å². The normalized spacial score (nSPS) is 10.8. The second-order valence-electron chi connectivity index (χ2n) is 5.74. The number of ketones is 1. The molecule has 0 radical (unpaired) electrons. The maximum Gasteiger partial charge on any atom is 0.348 e. The first-order valence-electron chi connectivity index (χ1n) is 8.08. The summed E-state index contributed by atoms with van der Waals surface area (Å²) >= 11 is 0. The van der Waals surface area contributed by atoms with Gasteiger partial charge in [-0.25, -0.2) is 9.78 Å². The zero-order valence-electron chi connectivity index (χ0n) is 13.9. The predicted molar refractivity (Wildman–Crippen MR) is 99.5 cm³/mol. The fourth-order valence-electron chi connectivity index (χ4n) is 2.82. The van der Waals surface area contributed by atoms with E-state index in [0.717, 1.165) is 11.0 Å². The van der Waals surface area contributed by atoms with E-state index < -0.39 is 5.63 Å². The highest BCUT2D eigenvalue weighted by atomic mass is 16.4. The highest BCUT2D eigenvalue weighted by molar-refractivity contribution is 6.09. The van der Waals surface area contributed by atoms with E-state index in [1.165, 1.54) is 6.07 Å². The van der Waals surface area contributed by atoms with Gasteiger partial charge in [0.15, 0.2) is 5.78 Å². The molecular formula is C20H15N3O3. The molecule has 0 saturated heterocycles. The van der Waals surface area contributed by atoms with Gasteiger partial charge < -0.3 is 14.7 Å². The average molecular weight is 345 g/mol. The van der Waals surface area contributed by atoms with Crippen molar-refractivity contribution in [2.75, 3.05) is 12.4 Å². The Kier molecular flexibility index (Phi) is 3.85. The van der Waals surface area contributed by atoms with Crippen LogP contribution in [0, 0.1) is 0 Å². The molecule has 0 atom stereocenters. The number of aromatic amines is 1. The fraction of sp³-hybridized carbons (Fsp3) is 0.0500. The van der Waals surface area contributed by atoms with Crippen LogP contribution >= 0.6 is 0 Å². The van der Waals surface area contributed by atoms with E-state index >= 15 is 0 Å². The SMILES string of the molecule is CNc1oc(=O)c(C(=O)c2ccccc2)cc1-c1nc2ccccc2[nH]1. The Hall–Kier alpha value is -3.67. The van der Waals surface area contributed by atoms with E-state index in [1.807, 2.05) is 30.3 Å². The number of nitrogens with zero attached hydrogens (tertiary/aromatic N) is 1. The van der Waals surface area contributed by atoms with Crippen LogP contribution in [0.15, 0.2) is 69.9 Å². The van der Waals surface area contributed by atoms with E-state index in [-0.39, 0.29) is 17.2 Å². The number of anilines is 1. The molecule has 128 valence electrons. The molecule has 4 rings (SSSR count). The minimum atomic E-state index is -0.692. The molecule has 0 saturated carbocycles. The molecule has 26 heavy (non-hydrogen) atoms. The Labute approximate surface area is 148 Å². The number of aromatic nitrogens is 2. The third-order valence-electron chi connectivity index (χ3n) is 4.10. The Balaban J connectivity index is 1.89. The summed E-state index contributed by atoms with van der Waals surface area (Å²) in [6.07, 6.45) is 0. The van der Waals surface area contributed by atoms with Crippen LogP contribution in [-0.2, 0) is 0 Å². The minimum Gasteiger partial charge on any atom is -0.405 e. The topological polar surface area (TPSA) is 88.0 Å². The lowest BCUT2D eigenvalue weighted by Crippen LogP contribution is -2.16. The first-order valence-corrected chi connectivity index (χ1v) is 8.08. The van der Waals surface area contributed by atoms with Gasteiger partial charge in [0, 0.05) is 12.6 Å². The van der Waals surface area contributed by atoms with Gasteiger partial charge in [-0.3, -0.25) is 4.79 Å². The second-order valence-corrected chi connectivity index (χ2v) is 5.74. The van der Waals surface area contributed by atoms with Crippen molar-refractivity contribution in [1.82, 2.24) is 9.97 Å². The minimum absolute atomic E-state index is 0.0364. The summed E-state index contributed by atoms with van der Waals surface area (Å²) in [5.74, 6) is 0.374. The maximum atomic E-state index is 12.7. The number of hydrogen-bond acceptors (Lipinski definition) is 5. The summed E-state index contributed by atoms with van der Waals surface area (Å²) in [7, 11) is 1.64. The van der Waals surface area contributed by atoms with Crippen LogP contribution in [0.25, 0.3) is 22.4 Å². The lowest BCUT2D eigenvalue weighted by molar-refractivity contribution is 0.103. The standard InChI is InChI=1S/C20H15N3O3/c1-21-19-14(18-22-15-9-5-6-10-16(15)23-18)11-13(20(25)26-19)17(24)12-7-3-2-4-8-12/h2-11,21H,1H3,(H,22,23). The number of hydrogen-bond donors (Lipinski definition) is 2.